The summed E-state index contributed by atoms with van der Waals surface area (Å²) >= 11 is 6.46. The van der Waals surface area contributed by atoms with Gasteiger partial charge in [-0.15, -0.1) is 0 Å². The fraction of sp³-hybridized carbons (Fsp3) is 0.394. The largest absolute Gasteiger partial charge is 0.494 e. The fourth-order valence-corrected chi connectivity index (χ4v) is 6.06. The van der Waals surface area contributed by atoms with Crippen molar-refractivity contribution >= 4 is 46.9 Å². The summed E-state index contributed by atoms with van der Waals surface area (Å²) in [4.78, 5) is 68.4. The molecular formula is C33H34ClF5N6O8. The van der Waals surface area contributed by atoms with Gasteiger partial charge in [0.15, 0.2) is 17.4 Å². The van der Waals surface area contributed by atoms with Crippen LogP contribution < -0.4 is 10.1 Å². The second kappa shape index (κ2) is 17.0. The number of nitrogens with zero attached hydrogens (tertiary/aromatic N) is 5. The van der Waals surface area contributed by atoms with Crippen molar-refractivity contribution in [3.8, 4) is 17.0 Å². The number of hydrogen-bond donors (Lipinski definition) is 3. The number of amides is 3. The lowest BCUT2D eigenvalue weighted by molar-refractivity contribution is -0.192. The summed E-state index contributed by atoms with van der Waals surface area (Å²) in [5.41, 5.74) is 0.608. The SMILES string of the molecule is COc1ccc(-c2cnc(C(=O)Nc3ccc(C(=O)N4CCN(C(=O)C5CCN(CC(=O)O)CC5)CC4)c(Cl)c3)n2C)c(F)c1F.O=C(O)C(F)(F)F. The number of rotatable bonds is 8. The number of nitrogens with one attached hydrogen (secondary N) is 1. The molecule has 2 aromatic carbocycles. The first-order valence-electron chi connectivity index (χ1n) is 15.9. The zero-order valence-corrected chi connectivity index (χ0v) is 29.0. The molecule has 20 heteroatoms. The van der Waals surface area contributed by atoms with Gasteiger partial charge in [0.1, 0.15) is 0 Å². The van der Waals surface area contributed by atoms with Gasteiger partial charge < -0.3 is 34.6 Å². The number of likely N-dealkylation sites (tertiary alicyclic amines) is 1. The molecule has 2 aliphatic heterocycles. The number of piperidine rings is 1. The normalized spacial score (nSPS) is 15.3. The molecular weight excluding hydrogens is 739 g/mol. The van der Waals surface area contributed by atoms with Crippen LogP contribution in [-0.4, -0.2) is 123 Å². The highest BCUT2D eigenvalue weighted by molar-refractivity contribution is 6.34. The molecule has 0 unspecified atom stereocenters. The number of carbonyl (C=O) groups excluding carboxylic acids is 3. The Labute approximate surface area is 303 Å². The molecule has 5 rings (SSSR count). The molecule has 1 aromatic heterocycles. The number of aromatic nitrogens is 2. The van der Waals surface area contributed by atoms with Crippen LogP contribution in [0.25, 0.3) is 11.3 Å². The first-order valence-corrected chi connectivity index (χ1v) is 16.3. The summed E-state index contributed by atoms with van der Waals surface area (Å²) < 4.78 is 66.8. The third-order valence-electron chi connectivity index (χ3n) is 8.61. The number of anilines is 1. The summed E-state index contributed by atoms with van der Waals surface area (Å²) in [6.45, 7) is 2.51. The van der Waals surface area contributed by atoms with Crippen molar-refractivity contribution in [2.45, 2.75) is 19.0 Å². The Morgan fingerprint density at radius 1 is 0.943 bits per heavy atom. The minimum Gasteiger partial charge on any atom is -0.494 e. The minimum atomic E-state index is -5.08. The number of imidazole rings is 1. The van der Waals surface area contributed by atoms with E-state index in [1.807, 2.05) is 4.90 Å². The lowest BCUT2D eigenvalue weighted by Gasteiger charge is -2.38. The van der Waals surface area contributed by atoms with Crippen LogP contribution in [0.3, 0.4) is 0 Å². The second-order valence-corrected chi connectivity index (χ2v) is 12.4. The lowest BCUT2D eigenvalue weighted by atomic mass is 9.95. The summed E-state index contributed by atoms with van der Waals surface area (Å²) in [5, 5.41) is 18.9. The van der Waals surface area contributed by atoms with E-state index < -0.39 is 35.7 Å². The molecule has 0 saturated carbocycles. The van der Waals surface area contributed by atoms with E-state index in [0.717, 1.165) is 0 Å². The smallest absolute Gasteiger partial charge is 0.490 e. The molecule has 14 nitrogen and oxygen atoms in total. The van der Waals surface area contributed by atoms with Gasteiger partial charge in [0.25, 0.3) is 11.8 Å². The molecule has 0 bridgehead atoms. The van der Waals surface area contributed by atoms with Crippen molar-refractivity contribution < 1.29 is 60.9 Å². The number of methoxy groups -OCH3 is 1. The van der Waals surface area contributed by atoms with Crippen LogP contribution in [0.1, 0.15) is 33.8 Å². The fourth-order valence-electron chi connectivity index (χ4n) is 5.80. The van der Waals surface area contributed by atoms with E-state index in [0.29, 0.717) is 57.8 Å². The maximum atomic E-state index is 14.7. The van der Waals surface area contributed by atoms with Crippen molar-refractivity contribution in [1.82, 2.24) is 24.3 Å². The summed E-state index contributed by atoms with van der Waals surface area (Å²) in [6, 6.07) is 7.07. The van der Waals surface area contributed by atoms with Crippen LogP contribution in [0.15, 0.2) is 36.5 Å². The van der Waals surface area contributed by atoms with E-state index in [2.05, 4.69) is 10.3 Å². The van der Waals surface area contributed by atoms with Crippen LogP contribution in [-0.2, 0) is 21.4 Å². The molecule has 2 aliphatic rings. The van der Waals surface area contributed by atoms with Crippen molar-refractivity contribution in [2.75, 3.05) is 58.2 Å². The Morgan fingerprint density at radius 2 is 1.55 bits per heavy atom. The molecule has 0 radical (unpaired) electrons. The second-order valence-electron chi connectivity index (χ2n) is 12.0. The van der Waals surface area contributed by atoms with Gasteiger partial charge >= 0.3 is 18.1 Å². The van der Waals surface area contributed by atoms with Crippen molar-refractivity contribution in [1.29, 1.82) is 0 Å². The van der Waals surface area contributed by atoms with Crippen molar-refractivity contribution in [3.63, 3.8) is 0 Å². The molecule has 0 spiro atoms. The topological polar surface area (TPSA) is 175 Å². The number of hydrogen-bond acceptors (Lipinski definition) is 8. The van der Waals surface area contributed by atoms with E-state index >= 15 is 0 Å². The number of carboxylic acid groups (broad SMARTS) is 2. The Bertz CT molecular complexity index is 1870. The van der Waals surface area contributed by atoms with Gasteiger partial charge in [0.05, 0.1) is 36.1 Å². The maximum Gasteiger partial charge on any atom is 0.490 e. The molecule has 0 aliphatic carbocycles. The van der Waals surface area contributed by atoms with Gasteiger partial charge in [-0.05, 0) is 56.3 Å². The molecule has 3 N–H and O–H groups in total. The molecule has 3 aromatic rings. The Balaban J connectivity index is 0.000000815. The van der Waals surface area contributed by atoms with Crippen LogP contribution in [0, 0.1) is 17.6 Å². The number of alkyl halides is 3. The highest BCUT2D eigenvalue weighted by atomic mass is 35.5. The van der Waals surface area contributed by atoms with Crippen molar-refractivity contribution in [2.24, 2.45) is 13.0 Å². The number of piperazine rings is 1. The van der Waals surface area contributed by atoms with Gasteiger partial charge in [0.2, 0.25) is 11.7 Å². The molecule has 3 amide bonds. The third-order valence-corrected chi connectivity index (χ3v) is 8.92. The van der Waals surface area contributed by atoms with Crippen LogP contribution >= 0.6 is 11.6 Å². The quantitative estimate of drug-likeness (QED) is 0.284. The highest BCUT2D eigenvalue weighted by Gasteiger charge is 2.38. The maximum absolute atomic E-state index is 14.7. The van der Waals surface area contributed by atoms with Crippen LogP contribution in [0.2, 0.25) is 5.02 Å². The molecule has 2 saturated heterocycles. The molecule has 53 heavy (non-hydrogen) atoms. The van der Waals surface area contributed by atoms with E-state index in [9.17, 15) is 41.1 Å². The standard InChI is InChI=1S/C31H33ClF2N6O6.C2HF3O2/c1-37-23(21-5-6-24(46-2)27(34)26(21)33)16-35-28(37)29(43)36-19-3-4-20(22(32)15-19)31(45)40-13-11-39(12-14-40)30(44)18-7-9-38(10-8-18)17-25(41)42;3-2(4,5)1(6)7/h3-6,15-16,18H,7-14,17H2,1-2H3,(H,36,43)(H,41,42);(H,6,7). The van der Waals surface area contributed by atoms with Crippen molar-refractivity contribution in [3.05, 3.63) is 64.6 Å². The molecule has 286 valence electrons. The molecule has 2 fully saturated rings. The van der Waals surface area contributed by atoms with E-state index in [-0.39, 0.29) is 57.7 Å². The molecule has 0 atom stereocenters. The van der Waals surface area contributed by atoms with Gasteiger partial charge in [0, 0.05) is 50.4 Å². The van der Waals surface area contributed by atoms with E-state index in [4.69, 9.17) is 31.3 Å². The lowest BCUT2D eigenvalue weighted by Crippen LogP contribution is -2.53. The summed E-state index contributed by atoms with van der Waals surface area (Å²) in [6.07, 6.45) is -2.62. The number of benzene rings is 2. The number of aliphatic carboxylic acids is 2. The Morgan fingerprint density at radius 3 is 2.09 bits per heavy atom. The first-order chi connectivity index (χ1) is 24.9. The van der Waals surface area contributed by atoms with Gasteiger partial charge in [-0.2, -0.15) is 17.6 Å². The zero-order chi connectivity index (χ0) is 39.2. The van der Waals surface area contributed by atoms with Gasteiger partial charge in [-0.25, -0.2) is 14.2 Å². The Hall–Kier alpha value is -5.30. The predicted octanol–water partition coefficient (Wildman–Crippen LogP) is 3.99. The minimum absolute atomic E-state index is 0.0283. The average molecular weight is 773 g/mol. The number of carbonyl (C=O) groups is 5. The average Bonchev–Trinajstić information content (AvgIpc) is 3.49. The first kappa shape index (κ1) is 40.5. The molecule has 3 heterocycles. The van der Waals surface area contributed by atoms with Gasteiger partial charge in [-0.1, -0.05) is 11.6 Å². The van der Waals surface area contributed by atoms with E-state index in [1.165, 1.54) is 55.3 Å². The monoisotopic (exact) mass is 772 g/mol. The van der Waals surface area contributed by atoms with Crippen LogP contribution in [0.5, 0.6) is 5.75 Å². The summed E-state index contributed by atoms with van der Waals surface area (Å²) in [5.74, 6) is -7.31. The highest BCUT2D eigenvalue weighted by Crippen LogP contribution is 2.30. The van der Waals surface area contributed by atoms with E-state index in [1.54, 1.807) is 9.80 Å². The Kier molecular flexibility index (Phi) is 13.0. The van der Waals surface area contributed by atoms with Crippen LogP contribution in [0.4, 0.5) is 27.6 Å². The number of halogens is 6. The predicted molar refractivity (Wildman–Crippen MR) is 177 cm³/mol. The van der Waals surface area contributed by atoms with Gasteiger partial charge in [-0.3, -0.25) is 24.1 Å². The number of ether oxygens (including phenoxy) is 1. The zero-order valence-electron chi connectivity index (χ0n) is 28.3. The number of carboxylic acids is 2. The summed E-state index contributed by atoms with van der Waals surface area (Å²) in [7, 11) is 2.72. The third kappa shape index (κ3) is 9.78.